The normalized spacial score (nSPS) is 18.5. The fourth-order valence-electron chi connectivity index (χ4n) is 3.52. The second-order valence-corrected chi connectivity index (χ2v) is 10.1. The van der Waals surface area contributed by atoms with Gasteiger partial charge in [-0.25, -0.2) is 4.98 Å². The molecule has 0 saturated heterocycles. The molecular weight excluding hydrogens is 530 g/mol. The predicted molar refractivity (Wildman–Crippen MR) is 134 cm³/mol. The van der Waals surface area contributed by atoms with E-state index in [1.807, 2.05) is 0 Å². The molecule has 33 heavy (non-hydrogen) atoms. The van der Waals surface area contributed by atoms with Gasteiger partial charge in [0.25, 0.3) is 5.91 Å². The molecule has 2 amide bonds. The number of benzene rings is 2. The Labute approximate surface area is 214 Å². The van der Waals surface area contributed by atoms with Gasteiger partial charge in [-0.1, -0.05) is 40.9 Å². The number of hydrogen-bond acceptors (Lipinski definition) is 4. The van der Waals surface area contributed by atoms with Gasteiger partial charge in [-0.15, -0.1) is 23.2 Å². The zero-order valence-corrected chi connectivity index (χ0v) is 20.4. The van der Waals surface area contributed by atoms with Gasteiger partial charge in [-0.2, -0.15) is 0 Å². The van der Waals surface area contributed by atoms with Crippen LogP contribution in [0.4, 0.5) is 17.3 Å². The summed E-state index contributed by atoms with van der Waals surface area (Å²) in [5.41, 5.74) is 6.77. The fraction of sp³-hybridized carbons (Fsp3) is 0.136. The number of halogens is 5. The molecule has 1 fully saturated rings. The molecule has 2 atom stereocenters. The third kappa shape index (κ3) is 5.15. The molecule has 1 heterocycles. The van der Waals surface area contributed by atoms with Crippen molar-refractivity contribution < 1.29 is 9.59 Å². The lowest BCUT2D eigenvalue weighted by Crippen LogP contribution is -2.18. The molecule has 4 N–H and O–H groups in total. The number of nitrogens with one attached hydrogen (secondary N) is 2. The van der Waals surface area contributed by atoms with Crippen LogP contribution in [-0.2, 0) is 4.79 Å². The predicted octanol–water partition coefficient (Wildman–Crippen LogP) is 6.40. The largest absolute Gasteiger partial charge is 0.384 e. The van der Waals surface area contributed by atoms with E-state index in [1.165, 1.54) is 12.1 Å². The Balaban J connectivity index is 1.51. The third-order valence-electron chi connectivity index (χ3n) is 5.07. The molecule has 170 valence electrons. The molecule has 0 spiro atoms. The standard InChI is InChI=1S/C22H15Cl5N4O2/c23-11-6-10(7-12(24)8-11)18-19(22(18,26)27)21(33)29-13-4-5-15(25)14(9-13)20(32)31-17-3-1-2-16(28)30-17/h1-9,18-19H,(H,29,33)(H3,28,30,31,32)/t18-,19+/m0/s1. The Morgan fingerprint density at radius 3 is 2.30 bits per heavy atom. The first-order valence-electron chi connectivity index (χ1n) is 9.54. The van der Waals surface area contributed by atoms with E-state index in [0.29, 0.717) is 21.3 Å². The summed E-state index contributed by atoms with van der Waals surface area (Å²) in [5.74, 6) is -1.67. The molecule has 11 heteroatoms. The number of alkyl halides is 2. The van der Waals surface area contributed by atoms with Gasteiger partial charge in [0.1, 0.15) is 16.0 Å². The van der Waals surface area contributed by atoms with Crippen LogP contribution < -0.4 is 16.4 Å². The fourth-order valence-corrected chi connectivity index (χ4v) is 5.10. The summed E-state index contributed by atoms with van der Waals surface area (Å²) in [6.45, 7) is 0. The smallest absolute Gasteiger partial charge is 0.258 e. The number of hydrogen-bond donors (Lipinski definition) is 3. The molecule has 0 bridgehead atoms. The Morgan fingerprint density at radius 1 is 0.939 bits per heavy atom. The highest BCUT2D eigenvalue weighted by Gasteiger charge is 2.67. The maximum absolute atomic E-state index is 12.9. The summed E-state index contributed by atoms with van der Waals surface area (Å²) in [6, 6.07) is 14.2. The molecule has 1 aromatic heterocycles. The number of nitrogens with two attached hydrogens (primary N) is 1. The van der Waals surface area contributed by atoms with Gasteiger partial charge in [0.15, 0.2) is 0 Å². The van der Waals surface area contributed by atoms with E-state index < -0.39 is 28.0 Å². The van der Waals surface area contributed by atoms with Crippen molar-refractivity contribution in [2.75, 3.05) is 16.4 Å². The van der Waals surface area contributed by atoms with Gasteiger partial charge in [0, 0.05) is 21.7 Å². The van der Waals surface area contributed by atoms with Gasteiger partial charge in [0.05, 0.1) is 16.5 Å². The second kappa shape index (κ2) is 9.20. The lowest BCUT2D eigenvalue weighted by molar-refractivity contribution is -0.117. The first-order valence-corrected chi connectivity index (χ1v) is 11.4. The summed E-state index contributed by atoms with van der Waals surface area (Å²) in [5, 5.41) is 6.37. The van der Waals surface area contributed by atoms with Gasteiger partial charge in [-0.3, -0.25) is 9.59 Å². The highest BCUT2D eigenvalue weighted by molar-refractivity contribution is 6.53. The topological polar surface area (TPSA) is 97.1 Å². The molecule has 6 nitrogen and oxygen atoms in total. The van der Waals surface area contributed by atoms with Crippen LogP contribution in [0.1, 0.15) is 21.8 Å². The van der Waals surface area contributed by atoms with Crippen molar-refractivity contribution in [3.63, 3.8) is 0 Å². The third-order valence-corrected chi connectivity index (χ3v) is 6.78. The summed E-state index contributed by atoms with van der Waals surface area (Å²) >= 11 is 31.1. The van der Waals surface area contributed by atoms with Gasteiger partial charge < -0.3 is 16.4 Å². The number of pyridine rings is 1. The number of amides is 2. The van der Waals surface area contributed by atoms with Crippen LogP contribution in [-0.4, -0.2) is 21.1 Å². The summed E-state index contributed by atoms with van der Waals surface area (Å²) in [7, 11) is 0. The summed E-state index contributed by atoms with van der Waals surface area (Å²) in [6.07, 6.45) is 0. The lowest BCUT2D eigenvalue weighted by Gasteiger charge is -2.10. The molecular formula is C22H15Cl5N4O2. The van der Waals surface area contributed by atoms with E-state index in [2.05, 4.69) is 15.6 Å². The van der Waals surface area contributed by atoms with E-state index in [-0.39, 0.29) is 22.2 Å². The Morgan fingerprint density at radius 2 is 1.64 bits per heavy atom. The zero-order valence-electron chi connectivity index (χ0n) is 16.6. The van der Waals surface area contributed by atoms with E-state index in [1.54, 1.807) is 42.5 Å². The first kappa shape index (κ1) is 23.9. The lowest BCUT2D eigenvalue weighted by atomic mass is 10.1. The van der Waals surface area contributed by atoms with Gasteiger partial charge in [0.2, 0.25) is 5.91 Å². The number of carbonyl (C=O) groups is 2. The quantitative estimate of drug-likeness (QED) is 0.324. The molecule has 0 radical (unpaired) electrons. The molecule has 0 aliphatic heterocycles. The first-order chi connectivity index (χ1) is 15.6. The Kier molecular flexibility index (Phi) is 6.67. The molecule has 1 aliphatic carbocycles. The Hall–Kier alpha value is -2.22. The maximum Gasteiger partial charge on any atom is 0.258 e. The van der Waals surface area contributed by atoms with Crippen LogP contribution in [0, 0.1) is 5.92 Å². The molecule has 1 aliphatic rings. The van der Waals surface area contributed by atoms with Crippen molar-refractivity contribution in [1.29, 1.82) is 0 Å². The van der Waals surface area contributed by atoms with Crippen molar-refractivity contribution in [3.8, 4) is 0 Å². The SMILES string of the molecule is Nc1cccc(NC(=O)c2cc(NC(=O)[C@H]3[C@H](c4cc(Cl)cc(Cl)c4)C3(Cl)Cl)ccc2Cl)n1. The molecule has 4 rings (SSSR count). The van der Waals surface area contributed by atoms with E-state index >= 15 is 0 Å². The number of aromatic nitrogens is 1. The average Bonchev–Trinajstić information content (AvgIpc) is 3.31. The molecule has 0 unspecified atom stereocenters. The van der Waals surface area contributed by atoms with Crippen LogP contribution in [0.15, 0.2) is 54.6 Å². The van der Waals surface area contributed by atoms with Crippen LogP contribution >= 0.6 is 58.0 Å². The minimum absolute atomic E-state index is 0.135. The van der Waals surface area contributed by atoms with Crippen LogP contribution in [0.5, 0.6) is 0 Å². The highest BCUT2D eigenvalue weighted by Crippen LogP contribution is 2.65. The second-order valence-electron chi connectivity index (χ2n) is 7.42. The molecule has 2 aromatic carbocycles. The van der Waals surface area contributed by atoms with Gasteiger partial charge in [-0.05, 0) is 54.1 Å². The minimum atomic E-state index is -1.33. The van der Waals surface area contributed by atoms with Crippen LogP contribution in [0.3, 0.4) is 0 Å². The van der Waals surface area contributed by atoms with Crippen molar-refractivity contribution in [1.82, 2.24) is 4.98 Å². The molecule has 1 saturated carbocycles. The number of nitrogens with zero attached hydrogens (tertiary/aromatic N) is 1. The maximum atomic E-state index is 12.9. The van der Waals surface area contributed by atoms with Crippen molar-refractivity contribution in [2.24, 2.45) is 5.92 Å². The van der Waals surface area contributed by atoms with E-state index in [9.17, 15) is 9.59 Å². The van der Waals surface area contributed by atoms with Crippen molar-refractivity contribution >= 4 is 87.1 Å². The van der Waals surface area contributed by atoms with Gasteiger partial charge >= 0.3 is 0 Å². The summed E-state index contributed by atoms with van der Waals surface area (Å²) in [4.78, 5) is 29.6. The number of anilines is 3. The van der Waals surface area contributed by atoms with Crippen molar-refractivity contribution in [3.05, 3.63) is 80.8 Å². The number of nitrogen functional groups attached to an aromatic ring is 1. The summed E-state index contributed by atoms with van der Waals surface area (Å²) < 4.78 is -1.33. The Bertz CT molecular complexity index is 1250. The highest BCUT2D eigenvalue weighted by atomic mass is 35.5. The van der Waals surface area contributed by atoms with Crippen LogP contribution in [0.25, 0.3) is 0 Å². The van der Waals surface area contributed by atoms with E-state index in [4.69, 9.17) is 63.7 Å². The monoisotopic (exact) mass is 542 g/mol. The van der Waals surface area contributed by atoms with E-state index in [0.717, 1.165) is 0 Å². The average molecular weight is 545 g/mol. The van der Waals surface area contributed by atoms with Crippen LogP contribution in [0.2, 0.25) is 15.1 Å². The zero-order chi connectivity index (χ0) is 23.9. The van der Waals surface area contributed by atoms with Crippen molar-refractivity contribution in [2.45, 2.75) is 10.3 Å². The number of rotatable bonds is 5. The number of carbonyl (C=O) groups excluding carboxylic acids is 2. The molecule has 3 aromatic rings. The minimum Gasteiger partial charge on any atom is -0.384 e.